The van der Waals surface area contributed by atoms with Crippen LogP contribution in [0.2, 0.25) is 0 Å². The van der Waals surface area contributed by atoms with E-state index in [1.165, 1.54) is 39.1 Å². The van der Waals surface area contributed by atoms with Crippen LogP contribution >= 0.6 is 0 Å². The summed E-state index contributed by atoms with van der Waals surface area (Å²) in [5.41, 5.74) is 10.2. The first-order chi connectivity index (χ1) is 22.6. The third-order valence-corrected chi connectivity index (χ3v) is 10.3. The van der Waals surface area contributed by atoms with Gasteiger partial charge in [0.05, 0.1) is 5.76 Å². The Hall–Kier alpha value is -3.27. The standard InChI is InChI=1S/C31H30NO.C13H24O2.Ir/c1-17-8-9-19-13-22-24(14-21(19)12-17)31(6,7)23-11-10-20(15-30(3,4)5)29-25(23)26-27(22)32-16-18(2)28(26)33-29;1-5-10(6-2)12(14)9-13(15)11(7-3)8-4;/h8-12,14,16H,15H2,1-7H3;9-11,14H,5-8H2,1-4H3;/q-1;;/b;12-9-;. The van der Waals surface area contributed by atoms with Crippen molar-refractivity contribution in [2.24, 2.45) is 17.3 Å². The van der Waals surface area contributed by atoms with Crippen molar-refractivity contribution in [1.82, 2.24) is 4.98 Å². The molecule has 3 aromatic carbocycles. The average Bonchev–Trinajstić information content (AvgIpc) is 3.40. The topological polar surface area (TPSA) is 63.3 Å². The number of ketones is 1. The minimum atomic E-state index is -0.215. The van der Waals surface area contributed by atoms with E-state index in [1.54, 1.807) is 0 Å². The van der Waals surface area contributed by atoms with Crippen molar-refractivity contribution < 1.29 is 34.4 Å². The molecule has 1 radical (unpaired) electrons. The van der Waals surface area contributed by atoms with Crippen LogP contribution in [0.1, 0.15) is 116 Å². The smallest absolute Gasteiger partial charge is 0.162 e. The quantitative estimate of drug-likeness (QED) is 0.0961. The summed E-state index contributed by atoms with van der Waals surface area (Å²) in [6, 6.07) is 17.3. The van der Waals surface area contributed by atoms with E-state index in [-0.39, 0.29) is 54.3 Å². The molecule has 263 valence electrons. The molecule has 0 fully saturated rings. The monoisotopic (exact) mass is 837 g/mol. The van der Waals surface area contributed by atoms with E-state index >= 15 is 0 Å². The molecule has 1 aliphatic rings. The number of fused-ring (bicyclic) bond motifs is 3. The van der Waals surface area contributed by atoms with Gasteiger partial charge in [-0.3, -0.25) is 9.78 Å². The molecule has 5 aromatic rings. The Bertz CT molecular complexity index is 2020. The minimum Gasteiger partial charge on any atom is -0.512 e. The van der Waals surface area contributed by atoms with Crippen LogP contribution in [0.3, 0.4) is 0 Å². The fourth-order valence-corrected chi connectivity index (χ4v) is 7.42. The molecule has 4 nitrogen and oxygen atoms in total. The maximum atomic E-state index is 11.7. The van der Waals surface area contributed by atoms with Gasteiger partial charge in [0.1, 0.15) is 11.2 Å². The van der Waals surface area contributed by atoms with E-state index in [1.807, 2.05) is 33.9 Å². The zero-order valence-corrected chi connectivity index (χ0v) is 33.7. The molecule has 0 unspecified atom stereocenters. The molecule has 0 saturated carbocycles. The number of allylic oxidation sites excluding steroid dienone is 2. The zero-order valence-electron chi connectivity index (χ0n) is 31.4. The Morgan fingerprint density at radius 3 is 2.18 bits per heavy atom. The first-order valence-electron chi connectivity index (χ1n) is 17.9. The molecule has 1 aliphatic carbocycles. The number of hydrogen-bond donors (Lipinski definition) is 1. The van der Waals surface area contributed by atoms with Gasteiger partial charge in [-0.1, -0.05) is 109 Å². The normalized spacial score (nSPS) is 13.9. The molecular weight excluding hydrogens is 783 g/mol. The van der Waals surface area contributed by atoms with Crippen LogP contribution in [0.15, 0.2) is 58.8 Å². The Labute approximate surface area is 307 Å². The maximum Gasteiger partial charge on any atom is 0.162 e. The number of hydrogen-bond acceptors (Lipinski definition) is 4. The molecule has 0 saturated heterocycles. The molecule has 2 heterocycles. The van der Waals surface area contributed by atoms with Gasteiger partial charge in [-0.25, -0.2) is 0 Å². The maximum absolute atomic E-state index is 11.7. The van der Waals surface area contributed by atoms with Crippen molar-refractivity contribution in [1.29, 1.82) is 0 Å². The molecule has 0 atom stereocenters. The van der Waals surface area contributed by atoms with Crippen LogP contribution in [-0.4, -0.2) is 15.9 Å². The van der Waals surface area contributed by atoms with Crippen molar-refractivity contribution in [3.63, 3.8) is 0 Å². The van der Waals surface area contributed by atoms with E-state index in [0.717, 1.165) is 70.9 Å². The second kappa shape index (κ2) is 14.9. The molecule has 5 heteroatoms. The molecule has 49 heavy (non-hydrogen) atoms. The number of rotatable bonds is 8. The number of carbonyl (C=O) groups is 1. The van der Waals surface area contributed by atoms with Gasteiger partial charge >= 0.3 is 0 Å². The van der Waals surface area contributed by atoms with Crippen molar-refractivity contribution in [3.05, 3.63) is 88.3 Å². The summed E-state index contributed by atoms with van der Waals surface area (Å²) in [6.45, 7) is 23.8. The van der Waals surface area contributed by atoms with E-state index < -0.39 is 0 Å². The van der Waals surface area contributed by atoms with Gasteiger partial charge in [-0.2, -0.15) is 0 Å². The number of furan rings is 1. The number of carbonyl (C=O) groups excluding carboxylic acids is 1. The first-order valence-corrected chi connectivity index (χ1v) is 17.9. The second-order valence-corrected chi connectivity index (χ2v) is 15.6. The Morgan fingerprint density at radius 1 is 0.918 bits per heavy atom. The van der Waals surface area contributed by atoms with E-state index in [2.05, 4.69) is 90.9 Å². The van der Waals surface area contributed by atoms with Gasteiger partial charge in [0, 0.05) is 66.2 Å². The molecule has 0 bridgehead atoms. The predicted molar refractivity (Wildman–Crippen MR) is 202 cm³/mol. The summed E-state index contributed by atoms with van der Waals surface area (Å²) in [4.78, 5) is 16.7. The first kappa shape index (κ1) is 38.5. The molecule has 1 N–H and O–H groups in total. The van der Waals surface area contributed by atoms with Crippen LogP contribution in [-0.2, 0) is 36.7 Å². The third-order valence-electron chi connectivity index (χ3n) is 10.3. The van der Waals surface area contributed by atoms with E-state index in [4.69, 9.17) is 9.40 Å². The third kappa shape index (κ3) is 7.45. The van der Waals surface area contributed by atoms with Crippen LogP contribution < -0.4 is 0 Å². The SMILES string of the molecule is CCC(CC)C(=O)/C=C(\O)C(CC)CC.Cc1ccc2[c-]c3c(cc2c1)C(C)(C)c1ccc(CC(C)(C)C)c2oc4c(C)cnc-3c4c12.[Ir]. The molecule has 6 rings (SSSR count). The van der Waals surface area contributed by atoms with Crippen LogP contribution in [0, 0.1) is 37.2 Å². The summed E-state index contributed by atoms with van der Waals surface area (Å²) in [5.74, 6) is 0.547. The van der Waals surface area contributed by atoms with Crippen LogP contribution in [0.4, 0.5) is 0 Å². The van der Waals surface area contributed by atoms with E-state index in [0.29, 0.717) is 0 Å². The van der Waals surface area contributed by atoms with Gasteiger partial charge in [0.15, 0.2) is 5.78 Å². The van der Waals surface area contributed by atoms with Gasteiger partial charge in [0.2, 0.25) is 0 Å². The fourth-order valence-electron chi connectivity index (χ4n) is 7.42. The summed E-state index contributed by atoms with van der Waals surface area (Å²) >= 11 is 0. The summed E-state index contributed by atoms with van der Waals surface area (Å²) < 4.78 is 6.68. The zero-order chi connectivity index (χ0) is 35.1. The fraction of sp³-hybridized carbons (Fsp3) is 0.455. The predicted octanol–water partition coefficient (Wildman–Crippen LogP) is 12.3. The molecule has 2 aromatic heterocycles. The number of pyridine rings is 1. The number of aliphatic hydroxyl groups excluding tert-OH is 1. The van der Waals surface area contributed by atoms with Crippen molar-refractivity contribution in [2.45, 2.75) is 114 Å². The number of benzene rings is 3. The largest absolute Gasteiger partial charge is 0.512 e. The molecule has 0 aliphatic heterocycles. The van der Waals surface area contributed by atoms with Crippen LogP contribution in [0.25, 0.3) is 44.0 Å². The molecule has 0 spiro atoms. The Kier molecular flexibility index (Phi) is 11.7. The van der Waals surface area contributed by atoms with Gasteiger partial charge in [-0.05, 0) is 67.9 Å². The Morgan fingerprint density at radius 2 is 1.57 bits per heavy atom. The molecule has 0 amide bonds. The summed E-state index contributed by atoms with van der Waals surface area (Å²) in [5, 5.41) is 14.5. The summed E-state index contributed by atoms with van der Waals surface area (Å²) in [6.07, 6.45) is 7.83. The Balaban J connectivity index is 0.000000290. The van der Waals surface area contributed by atoms with Gasteiger partial charge in [0.25, 0.3) is 0 Å². The van der Waals surface area contributed by atoms with Crippen molar-refractivity contribution in [3.8, 4) is 11.3 Å². The number of aryl methyl sites for hydroxylation is 2. The number of aliphatic hydroxyl groups is 1. The van der Waals surface area contributed by atoms with Gasteiger partial charge < -0.3 is 9.52 Å². The average molecular weight is 837 g/mol. The number of aromatic nitrogens is 1. The summed E-state index contributed by atoms with van der Waals surface area (Å²) in [7, 11) is 0. The molecular formula is C44H54IrNO3-. The minimum absolute atomic E-state index is 0. The van der Waals surface area contributed by atoms with E-state index in [9.17, 15) is 9.90 Å². The second-order valence-electron chi connectivity index (χ2n) is 15.6. The van der Waals surface area contributed by atoms with Crippen LogP contribution in [0.5, 0.6) is 0 Å². The van der Waals surface area contributed by atoms with Gasteiger partial charge in [-0.15, -0.1) is 23.6 Å². The van der Waals surface area contributed by atoms with Crippen molar-refractivity contribution >= 4 is 38.5 Å². The number of nitrogens with zero attached hydrogens (tertiary/aromatic N) is 1. The van der Waals surface area contributed by atoms with Crippen molar-refractivity contribution in [2.75, 3.05) is 0 Å².